The van der Waals surface area contributed by atoms with E-state index in [1.165, 1.54) is 5.56 Å². The first-order valence-corrected chi connectivity index (χ1v) is 7.59. The van der Waals surface area contributed by atoms with Crippen LogP contribution in [0, 0.1) is 6.92 Å². The van der Waals surface area contributed by atoms with Crippen LogP contribution >= 0.6 is 0 Å². The first kappa shape index (κ1) is 13.1. The molecule has 0 spiro atoms. The highest BCUT2D eigenvalue weighted by Crippen LogP contribution is 2.27. The summed E-state index contributed by atoms with van der Waals surface area (Å²) >= 11 is 0. The van der Waals surface area contributed by atoms with Gasteiger partial charge in [-0.1, -0.05) is 23.4 Å². The number of anilines is 2. The van der Waals surface area contributed by atoms with Crippen LogP contribution in [0.25, 0.3) is 11.0 Å². The number of aryl methyl sites for hydroxylation is 1. The third-order valence-electron chi connectivity index (χ3n) is 4.22. The molecule has 0 atom stereocenters. The first-order chi connectivity index (χ1) is 10.8. The number of hydrogen-bond acceptors (Lipinski definition) is 5. The van der Waals surface area contributed by atoms with Gasteiger partial charge in [-0.05, 0) is 30.7 Å². The number of nitrogens with zero attached hydrogens (tertiary/aromatic N) is 4. The molecule has 0 amide bonds. The van der Waals surface area contributed by atoms with Crippen molar-refractivity contribution < 1.29 is 4.52 Å². The lowest BCUT2D eigenvalue weighted by Crippen LogP contribution is -2.47. The summed E-state index contributed by atoms with van der Waals surface area (Å²) in [5.41, 5.74) is 2.07. The van der Waals surface area contributed by atoms with E-state index >= 15 is 0 Å². The number of para-hydroxylation sites is 1. The van der Waals surface area contributed by atoms with Crippen molar-refractivity contribution in [3.8, 4) is 0 Å². The van der Waals surface area contributed by atoms with E-state index in [0.29, 0.717) is 0 Å². The van der Waals surface area contributed by atoms with Crippen molar-refractivity contribution in [1.29, 1.82) is 0 Å². The van der Waals surface area contributed by atoms with E-state index < -0.39 is 0 Å². The molecule has 4 rings (SSSR count). The van der Waals surface area contributed by atoms with Crippen molar-refractivity contribution in [2.45, 2.75) is 6.92 Å². The molecule has 3 aromatic rings. The van der Waals surface area contributed by atoms with Crippen LogP contribution in [-0.2, 0) is 0 Å². The van der Waals surface area contributed by atoms with Gasteiger partial charge in [0.05, 0.1) is 5.39 Å². The van der Waals surface area contributed by atoms with Crippen LogP contribution in [0.3, 0.4) is 0 Å². The van der Waals surface area contributed by atoms with Crippen LogP contribution in [0.15, 0.2) is 47.1 Å². The maximum Gasteiger partial charge on any atom is 0.180 e. The molecule has 0 saturated carbocycles. The number of fused-ring (bicyclic) bond motifs is 1. The van der Waals surface area contributed by atoms with E-state index in [1.807, 2.05) is 30.5 Å². The standard InChI is InChI=1S/C17H18N4O/c1-13-5-4-8-18-16(13)20-9-11-21(12-10-20)17-14-6-2-3-7-15(14)22-19-17/h2-8H,9-12H2,1H3. The van der Waals surface area contributed by atoms with Gasteiger partial charge in [0, 0.05) is 32.4 Å². The second-order valence-electron chi connectivity index (χ2n) is 5.62. The van der Waals surface area contributed by atoms with Gasteiger partial charge in [0.15, 0.2) is 11.4 Å². The summed E-state index contributed by atoms with van der Waals surface area (Å²) in [5, 5.41) is 5.34. The Morgan fingerprint density at radius 1 is 0.909 bits per heavy atom. The van der Waals surface area contributed by atoms with Crippen LogP contribution in [-0.4, -0.2) is 36.3 Å². The highest BCUT2D eigenvalue weighted by molar-refractivity contribution is 5.88. The van der Waals surface area contributed by atoms with Crippen molar-refractivity contribution in [2.24, 2.45) is 0 Å². The predicted octanol–water partition coefficient (Wildman–Crippen LogP) is 2.86. The zero-order valence-corrected chi connectivity index (χ0v) is 12.6. The number of aromatic nitrogens is 2. The van der Waals surface area contributed by atoms with E-state index in [2.05, 4.69) is 39.0 Å². The van der Waals surface area contributed by atoms with Crippen LogP contribution in [0.4, 0.5) is 11.6 Å². The largest absolute Gasteiger partial charge is 0.354 e. The summed E-state index contributed by atoms with van der Waals surface area (Å²) in [6.07, 6.45) is 1.86. The minimum absolute atomic E-state index is 0.848. The fourth-order valence-electron chi connectivity index (χ4n) is 3.04. The Morgan fingerprint density at radius 2 is 1.64 bits per heavy atom. The number of rotatable bonds is 2. The van der Waals surface area contributed by atoms with E-state index in [1.54, 1.807) is 0 Å². The van der Waals surface area contributed by atoms with E-state index in [-0.39, 0.29) is 0 Å². The molecule has 1 aromatic carbocycles. The molecule has 5 heteroatoms. The molecule has 112 valence electrons. The minimum Gasteiger partial charge on any atom is -0.354 e. The van der Waals surface area contributed by atoms with Crippen LogP contribution in [0.5, 0.6) is 0 Å². The lowest BCUT2D eigenvalue weighted by Gasteiger charge is -2.36. The van der Waals surface area contributed by atoms with E-state index in [4.69, 9.17) is 4.52 Å². The average Bonchev–Trinajstić information content (AvgIpc) is 3.00. The maximum absolute atomic E-state index is 5.42. The second kappa shape index (κ2) is 5.33. The van der Waals surface area contributed by atoms with Gasteiger partial charge in [-0.2, -0.15) is 0 Å². The van der Waals surface area contributed by atoms with Gasteiger partial charge in [0.2, 0.25) is 0 Å². The quantitative estimate of drug-likeness (QED) is 0.727. The summed E-state index contributed by atoms with van der Waals surface area (Å²) < 4.78 is 5.42. The van der Waals surface area contributed by atoms with Gasteiger partial charge in [-0.3, -0.25) is 0 Å². The van der Waals surface area contributed by atoms with Crippen LogP contribution in [0.2, 0.25) is 0 Å². The van der Waals surface area contributed by atoms with Crippen molar-refractivity contribution in [2.75, 3.05) is 36.0 Å². The van der Waals surface area contributed by atoms with Gasteiger partial charge >= 0.3 is 0 Å². The van der Waals surface area contributed by atoms with Crippen molar-refractivity contribution in [3.63, 3.8) is 0 Å². The fraction of sp³-hybridized carbons (Fsp3) is 0.294. The number of piperazine rings is 1. The Hall–Kier alpha value is -2.56. The Balaban J connectivity index is 1.54. The molecule has 1 fully saturated rings. The smallest absolute Gasteiger partial charge is 0.180 e. The topological polar surface area (TPSA) is 45.4 Å². The lowest BCUT2D eigenvalue weighted by molar-refractivity contribution is 0.452. The Bertz CT molecular complexity index is 790. The zero-order valence-electron chi connectivity index (χ0n) is 12.6. The molecule has 0 bridgehead atoms. The number of hydrogen-bond donors (Lipinski definition) is 0. The van der Waals surface area contributed by atoms with Gasteiger partial charge < -0.3 is 14.3 Å². The van der Waals surface area contributed by atoms with Gasteiger partial charge in [-0.15, -0.1) is 0 Å². The molecule has 3 heterocycles. The molecule has 0 unspecified atom stereocenters. The van der Waals surface area contributed by atoms with Crippen molar-refractivity contribution in [3.05, 3.63) is 48.2 Å². The summed E-state index contributed by atoms with van der Waals surface area (Å²) in [5.74, 6) is 2.04. The molecule has 0 N–H and O–H groups in total. The fourth-order valence-corrected chi connectivity index (χ4v) is 3.04. The monoisotopic (exact) mass is 294 g/mol. The Labute approximate surface area is 129 Å². The second-order valence-corrected chi connectivity index (χ2v) is 5.62. The van der Waals surface area contributed by atoms with Gasteiger partial charge in [0.1, 0.15) is 5.82 Å². The molecule has 0 radical (unpaired) electrons. The predicted molar refractivity (Wildman–Crippen MR) is 87.4 cm³/mol. The zero-order chi connectivity index (χ0) is 14.9. The maximum atomic E-state index is 5.42. The number of benzene rings is 1. The molecule has 22 heavy (non-hydrogen) atoms. The van der Waals surface area contributed by atoms with Crippen LogP contribution < -0.4 is 9.80 Å². The van der Waals surface area contributed by atoms with Gasteiger partial charge in [-0.25, -0.2) is 4.98 Å². The third kappa shape index (κ3) is 2.19. The highest BCUT2D eigenvalue weighted by Gasteiger charge is 2.22. The molecule has 1 aliphatic rings. The lowest BCUT2D eigenvalue weighted by atomic mass is 10.2. The van der Waals surface area contributed by atoms with Crippen LogP contribution in [0.1, 0.15) is 5.56 Å². The SMILES string of the molecule is Cc1cccnc1N1CCN(c2noc3ccccc23)CC1. The summed E-state index contributed by atoms with van der Waals surface area (Å²) in [6, 6.07) is 12.1. The van der Waals surface area contributed by atoms with Gasteiger partial charge in [0.25, 0.3) is 0 Å². The normalized spacial score (nSPS) is 15.5. The Morgan fingerprint density at radius 3 is 2.41 bits per heavy atom. The minimum atomic E-state index is 0.848. The molecular formula is C17H18N4O. The Kier molecular flexibility index (Phi) is 3.18. The number of pyridine rings is 1. The van der Waals surface area contributed by atoms with Crippen molar-refractivity contribution >= 4 is 22.6 Å². The molecule has 2 aromatic heterocycles. The molecular weight excluding hydrogens is 276 g/mol. The summed E-state index contributed by atoms with van der Waals surface area (Å²) in [6.45, 7) is 5.84. The van der Waals surface area contributed by atoms with E-state index in [9.17, 15) is 0 Å². The molecule has 5 nitrogen and oxygen atoms in total. The molecule has 1 aliphatic heterocycles. The van der Waals surface area contributed by atoms with Crippen molar-refractivity contribution in [1.82, 2.24) is 10.1 Å². The first-order valence-electron chi connectivity index (χ1n) is 7.59. The molecule has 0 aliphatic carbocycles. The van der Waals surface area contributed by atoms with E-state index in [0.717, 1.165) is 48.8 Å². The summed E-state index contributed by atoms with van der Waals surface area (Å²) in [7, 11) is 0. The average molecular weight is 294 g/mol. The third-order valence-corrected chi connectivity index (χ3v) is 4.22. The summed E-state index contributed by atoms with van der Waals surface area (Å²) in [4.78, 5) is 9.15. The molecule has 1 saturated heterocycles. The highest BCUT2D eigenvalue weighted by atomic mass is 16.5.